The number of fused-ring (bicyclic) bond motifs is 1. The van der Waals surface area contributed by atoms with Crippen molar-refractivity contribution in [1.29, 1.82) is 0 Å². The summed E-state index contributed by atoms with van der Waals surface area (Å²) in [5.41, 5.74) is 0.247. The van der Waals surface area contributed by atoms with E-state index in [1.165, 1.54) is 0 Å². The summed E-state index contributed by atoms with van der Waals surface area (Å²) in [6.07, 6.45) is 8.69. The summed E-state index contributed by atoms with van der Waals surface area (Å²) in [5.74, 6) is 1.35. The molecule has 4 heterocycles. The first-order valence-electron chi connectivity index (χ1n) is 9.58. The molecule has 10 heteroatoms. The molecule has 1 amide bonds. The largest absolute Gasteiger partial charge is 0.444 e. The van der Waals surface area contributed by atoms with Crippen molar-refractivity contribution in [3.8, 4) is 0 Å². The van der Waals surface area contributed by atoms with Crippen molar-refractivity contribution in [1.82, 2.24) is 29.0 Å². The summed E-state index contributed by atoms with van der Waals surface area (Å²) in [5, 5.41) is 7.89. The SMILES string of the molecule is CC(C)(C)OC(=O)N1CCC(n2ccc(Nc3ncc(Br)n4ccnc34)n2)CC1. The van der Waals surface area contributed by atoms with E-state index < -0.39 is 5.60 Å². The van der Waals surface area contributed by atoms with Crippen LogP contribution in [0.3, 0.4) is 0 Å². The molecule has 0 spiro atoms. The minimum Gasteiger partial charge on any atom is -0.444 e. The third-order valence-electron chi connectivity index (χ3n) is 4.73. The molecular formula is C19H24BrN7O2. The molecule has 3 aromatic heterocycles. The Kier molecular flexibility index (Phi) is 5.20. The van der Waals surface area contributed by atoms with Crippen LogP contribution in [0.1, 0.15) is 39.7 Å². The zero-order chi connectivity index (χ0) is 20.6. The number of hydrogen-bond donors (Lipinski definition) is 1. The molecule has 0 bridgehead atoms. The van der Waals surface area contributed by atoms with Gasteiger partial charge in [0.15, 0.2) is 17.3 Å². The zero-order valence-corrected chi connectivity index (χ0v) is 18.3. The van der Waals surface area contributed by atoms with Crippen molar-refractivity contribution in [2.75, 3.05) is 18.4 Å². The third kappa shape index (κ3) is 4.36. The maximum atomic E-state index is 12.2. The maximum absolute atomic E-state index is 12.2. The van der Waals surface area contributed by atoms with Gasteiger partial charge in [0.05, 0.1) is 12.2 Å². The number of likely N-dealkylation sites (tertiary alicyclic amines) is 1. The highest BCUT2D eigenvalue weighted by atomic mass is 79.9. The van der Waals surface area contributed by atoms with Crippen LogP contribution in [0.5, 0.6) is 0 Å². The van der Waals surface area contributed by atoms with Crippen molar-refractivity contribution in [3.05, 3.63) is 35.5 Å². The van der Waals surface area contributed by atoms with E-state index in [2.05, 4.69) is 36.3 Å². The highest BCUT2D eigenvalue weighted by Gasteiger charge is 2.27. The lowest BCUT2D eigenvalue weighted by Crippen LogP contribution is -2.42. The number of nitrogens with zero attached hydrogens (tertiary/aromatic N) is 6. The van der Waals surface area contributed by atoms with Crippen LogP contribution in [0.25, 0.3) is 5.65 Å². The van der Waals surface area contributed by atoms with Crippen LogP contribution < -0.4 is 5.32 Å². The summed E-state index contributed by atoms with van der Waals surface area (Å²) >= 11 is 3.46. The van der Waals surface area contributed by atoms with Gasteiger partial charge in [0.1, 0.15) is 10.2 Å². The van der Waals surface area contributed by atoms with Gasteiger partial charge in [0.2, 0.25) is 0 Å². The van der Waals surface area contributed by atoms with Gasteiger partial charge >= 0.3 is 6.09 Å². The number of piperidine rings is 1. The van der Waals surface area contributed by atoms with Crippen LogP contribution in [0.2, 0.25) is 0 Å². The predicted octanol–water partition coefficient (Wildman–Crippen LogP) is 4.00. The van der Waals surface area contributed by atoms with Crippen molar-refractivity contribution in [3.63, 3.8) is 0 Å². The van der Waals surface area contributed by atoms with Crippen molar-refractivity contribution in [2.45, 2.75) is 45.3 Å². The van der Waals surface area contributed by atoms with Crippen molar-refractivity contribution >= 4 is 39.3 Å². The average Bonchev–Trinajstić information content (AvgIpc) is 3.33. The number of halogens is 1. The van der Waals surface area contributed by atoms with Gasteiger partial charge in [-0.3, -0.25) is 9.08 Å². The molecule has 0 unspecified atom stereocenters. The normalized spacial score (nSPS) is 15.7. The van der Waals surface area contributed by atoms with Crippen LogP contribution in [0, 0.1) is 0 Å². The number of rotatable bonds is 3. The van der Waals surface area contributed by atoms with E-state index in [1.807, 2.05) is 48.3 Å². The van der Waals surface area contributed by atoms with Crippen LogP contribution in [0.15, 0.2) is 35.5 Å². The van der Waals surface area contributed by atoms with Gasteiger partial charge in [-0.1, -0.05) is 0 Å². The number of hydrogen-bond acceptors (Lipinski definition) is 6. The first-order valence-corrected chi connectivity index (χ1v) is 10.4. The topological polar surface area (TPSA) is 89.6 Å². The Morgan fingerprint density at radius 2 is 2.00 bits per heavy atom. The Bertz CT molecular complexity index is 1020. The molecule has 1 saturated heterocycles. The highest BCUT2D eigenvalue weighted by Crippen LogP contribution is 2.26. The Morgan fingerprint density at radius 1 is 1.24 bits per heavy atom. The number of ether oxygens (including phenoxy) is 1. The summed E-state index contributed by atoms with van der Waals surface area (Å²) < 4.78 is 10.1. The molecule has 0 aliphatic carbocycles. The molecular weight excluding hydrogens is 438 g/mol. The highest BCUT2D eigenvalue weighted by molar-refractivity contribution is 9.10. The lowest BCUT2D eigenvalue weighted by molar-refractivity contribution is 0.0185. The van der Waals surface area contributed by atoms with Crippen LogP contribution in [-0.4, -0.2) is 53.8 Å². The Hall–Kier alpha value is -2.62. The summed E-state index contributed by atoms with van der Waals surface area (Å²) in [4.78, 5) is 22.7. The van der Waals surface area contributed by atoms with Gasteiger partial charge < -0.3 is 15.0 Å². The maximum Gasteiger partial charge on any atom is 0.410 e. The van der Waals surface area contributed by atoms with Crippen LogP contribution in [-0.2, 0) is 4.74 Å². The summed E-state index contributed by atoms with van der Waals surface area (Å²) in [6.45, 7) is 6.96. The molecule has 0 aromatic carbocycles. The average molecular weight is 462 g/mol. The molecule has 0 atom stereocenters. The Labute approximate surface area is 177 Å². The molecule has 4 rings (SSSR count). The first-order chi connectivity index (χ1) is 13.8. The second kappa shape index (κ2) is 7.66. The monoisotopic (exact) mass is 461 g/mol. The second-order valence-corrected chi connectivity index (χ2v) is 8.87. The minimum absolute atomic E-state index is 0.244. The van der Waals surface area contributed by atoms with E-state index in [0.717, 1.165) is 23.1 Å². The summed E-state index contributed by atoms with van der Waals surface area (Å²) in [7, 11) is 0. The molecule has 9 nitrogen and oxygen atoms in total. The summed E-state index contributed by atoms with van der Waals surface area (Å²) in [6, 6.07) is 2.16. The number of carbonyl (C=O) groups is 1. The van der Waals surface area contributed by atoms with E-state index in [-0.39, 0.29) is 12.1 Å². The van der Waals surface area contributed by atoms with Crippen LogP contribution >= 0.6 is 15.9 Å². The van der Waals surface area contributed by atoms with Crippen LogP contribution in [0.4, 0.5) is 16.4 Å². The van der Waals surface area contributed by atoms with Crippen molar-refractivity contribution < 1.29 is 9.53 Å². The number of anilines is 2. The second-order valence-electron chi connectivity index (χ2n) is 8.05. The standard InChI is InChI=1S/C19H24BrN7O2/c1-19(2,3)29-18(28)25-8-4-13(5-9-25)27-10-6-15(24-27)23-16-17-21-7-11-26(17)14(20)12-22-16/h6-7,10-13H,4-5,8-9H2,1-3H3,(H,22,23,24). The van der Waals surface area contributed by atoms with E-state index in [9.17, 15) is 4.79 Å². The van der Waals surface area contributed by atoms with Gasteiger partial charge in [-0.05, 0) is 49.5 Å². The minimum atomic E-state index is -0.474. The molecule has 1 aliphatic heterocycles. The van der Waals surface area contributed by atoms with Gasteiger partial charge in [-0.2, -0.15) is 5.10 Å². The van der Waals surface area contributed by atoms with E-state index >= 15 is 0 Å². The van der Waals surface area contributed by atoms with Crippen molar-refractivity contribution in [2.24, 2.45) is 0 Å². The first kappa shape index (κ1) is 19.7. The fourth-order valence-electron chi connectivity index (χ4n) is 3.35. The molecule has 1 fully saturated rings. The Balaban J connectivity index is 1.39. The molecule has 154 valence electrons. The lowest BCUT2D eigenvalue weighted by Gasteiger charge is -2.33. The zero-order valence-electron chi connectivity index (χ0n) is 16.7. The van der Waals surface area contributed by atoms with Gasteiger partial charge in [-0.15, -0.1) is 0 Å². The number of amides is 1. The molecule has 1 N–H and O–H groups in total. The predicted molar refractivity (Wildman–Crippen MR) is 112 cm³/mol. The van der Waals surface area contributed by atoms with Gasteiger partial charge in [0, 0.05) is 37.7 Å². The smallest absolute Gasteiger partial charge is 0.410 e. The van der Waals surface area contributed by atoms with E-state index in [0.29, 0.717) is 24.7 Å². The molecule has 1 aliphatic rings. The molecule has 3 aromatic rings. The number of aromatic nitrogens is 5. The number of nitrogens with one attached hydrogen (secondary N) is 1. The number of imidazole rings is 1. The van der Waals surface area contributed by atoms with Gasteiger partial charge in [-0.25, -0.2) is 14.8 Å². The quantitative estimate of drug-likeness (QED) is 0.633. The fourth-order valence-corrected chi connectivity index (χ4v) is 3.73. The fraction of sp³-hybridized carbons (Fsp3) is 0.474. The number of carbonyl (C=O) groups excluding carboxylic acids is 1. The molecule has 0 radical (unpaired) electrons. The van der Waals surface area contributed by atoms with E-state index in [1.54, 1.807) is 17.3 Å². The molecule has 29 heavy (non-hydrogen) atoms. The van der Waals surface area contributed by atoms with E-state index in [4.69, 9.17) is 4.74 Å². The Morgan fingerprint density at radius 3 is 2.72 bits per heavy atom. The molecule has 0 saturated carbocycles. The third-order valence-corrected chi connectivity index (χ3v) is 5.31. The van der Waals surface area contributed by atoms with Gasteiger partial charge in [0.25, 0.3) is 0 Å². The lowest BCUT2D eigenvalue weighted by atomic mass is 10.1.